The molecular weight excluding hydrogens is 178 g/mol. The summed E-state index contributed by atoms with van der Waals surface area (Å²) < 4.78 is 4.06. The molecule has 2 rings (SSSR count). The summed E-state index contributed by atoms with van der Waals surface area (Å²) in [5.41, 5.74) is 0.949. The normalized spacial score (nSPS) is 10.6. The molecule has 14 heavy (non-hydrogen) atoms. The van der Waals surface area contributed by atoms with E-state index in [0.717, 1.165) is 18.8 Å². The largest absolute Gasteiger partial charge is 0.390 e. The second-order valence-corrected chi connectivity index (χ2v) is 3.15. The van der Waals surface area contributed by atoms with Gasteiger partial charge in [-0.15, -0.1) is 0 Å². The summed E-state index contributed by atoms with van der Waals surface area (Å²) in [6, 6.07) is 3.87. The Bertz CT molecular complexity index is 378. The summed E-state index contributed by atoms with van der Waals surface area (Å²) in [5.74, 6) is 0. The second-order valence-electron chi connectivity index (χ2n) is 3.15. The molecule has 2 heterocycles. The van der Waals surface area contributed by atoms with Crippen LogP contribution in [0.5, 0.6) is 0 Å². The Balaban J connectivity index is 1.98. The number of aromatic nitrogens is 3. The van der Waals surface area contributed by atoms with Crippen LogP contribution in [0.2, 0.25) is 0 Å². The third-order valence-electron chi connectivity index (χ3n) is 2.24. The van der Waals surface area contributed by atoms with Crippen molar-refractivity contribution in [1.29, 1.82) is 0 Å². The van der Waals surface area contributed by atoms with Gasteiger partial charge < -0.3 is 14.2 Å². The topological polar surface area (TPSA) is 43.0 Å². The van der Waals surface area contributed by atoms with Crippen LogP contribution in [0.25, 0.3) is 0 Å². The van der Waals surface area contributed by atoms with E-state index in [1.165, 1.54) is 0 Å². The molecule has 0 aliphatic heterocycles. The van der Waals surface area contributed by atoms with E-state index in [2.05, 4.69) is 4.98 Å². The van der Waals surface area contributed by atoms with Crippen molar-refractivity contribution in [2.24, 2.45) is 0 Å². The Morgan fingerprint density at radius 2 is 2.21 bits per heavy atom. The van der Waals surface area contributed by atoms with E-state index in [4.69, 9.17) is 5.11 Å². The molecule has 74 valence electrons. The van der Waals surface area contributed by atoms with E-state index in [0.29, 0.717) is 0 Å². The van der Waals surface area contributed by atoms with Crippen LogP contribution in [0.3, 0.4) is 0 Å². The van der Waals surface area contributed by atoms with Gasteiger partial charge in [0.1, 0.15) is 0 Å². The number of hydrogen-bond acceptors (Lipinski definition) is 2. The summed E-state index contributed by atoms with van der Waals surface area (Å²) in [5, 5.41) is 9.02. The van der Waals surface area contributed by atoms with E-state index < -0.39 is 0 Å². The second kappa shape index (κ2) is 4.11. The highest BCUT2D eigenvalue weighted by Gasteiger charge is 1.98. The average Bonchev–Trinajstić information content (AvgIpc) is 2.85. The number of hydrogen-bond donors (Lipinski definition) is 1. The first-order valence-corrected chi connectivity index (χ1v) is 4.61. The van der Waals surface area contributed by atoms with Crippen LogP contribution < -0.4 is 0 Å². The molecule has 0 aliphatic carbocycles. The van der Waals surface area contributed by atoms with E-state index in [1.54, 1.807) is 12.5 Å². The molecule has 4 nitrogen and oxygen atoms in total. The molecule has 0 radical (unpaired) electrons. The summed E-state index contributed by atoms with van der Waals surface area (Å²) in [4.78, 5) is 3.97. The number of rotatable bonds is 4. The molecule has 0 amide bonds. The van der Waals surface area contributed by atoms with Crippen LogP contribution in [-0.2, 0) is 19.7 Å². The summed E-state index contributed by atoms with van der Waals surface area (Å²) in [7, 11) is 0. The molecule has 0 unspecified atom stereocenters. The lowest BCUT2D eigenvalue weighted by Crippen LogP contribution is -2.07. The predicted octanol–water partition coefficient (Wildman–Crippen LogP) is 0.877. The predicted molar refractivity (Wildman–Crippen MR) is 52.6 cm³/mol. The molecule has 0 spiro atoms. The molecular formula is C10H13N3O. The van der Waals surface area contributed by atoms with E-state index in [-0.39, 0.29) is 6.61 Å². The molecule has 2 aromatic rings. The summed E-state index contributed by atoms with van der Waals surface area (Å²) in [6.07, 6.45) is 7.47. The van der Waals surface area contributed by atoms with E-state index in [9.17, 15) is 0 Å². The maximum absolute atomic E-state index is 9.02. The van der Waals surface area contributed by atoms with Gasteiger partial charge in [-0.2, -0.15) is 0 Å². The molecule has 4 heteroatoms. The summed E-state index contributed by atoms with van der Waals surface area (Å²) in [6.45, 7) is 1.83. The summed E-state index contributed by atoms with van der Waals surface area (Å²) >= 11 is 0. The molecule has 0 aliphatic rings. The third kappa shape index (κ3) is 1.85. The minimum absolute atomic E-state index is 0.0942. The van der Waals surface area contributed by atoms with Gasteiger partial charge in [-0.3, -0.25) is 0 Å². The van der Waals surface area contributed by atoms with Crippen molar-refractivity contribution < 1.29 is 5.11 Å². The van der Waals surface area contributed by atoms with Crippen molar-refractivity contribution in [3.63, 3.8) is 0 Å². The molecule has 2 aromatic heterocycles. The van der Waals surface area contributed by atoms with E-state index >= 15 is 0 Å². The van der Waals surface area contributed by atoms with Crippen LogP contribution in [0.4, 0.5) is 0 Å². The fourth-order valence-electron chi connectivity index (χ4n) is 1.45. The van der Waals surface area contributed by atoms with Gasteiger partial charge in [-0.25, -0.2) is 4.98 Å². The zero-order valence-electron chi connectivity index (χ0n) is 7.87. The number of nitrogens with zero attached hydrogens (tertiary/aromatic N) is 3. The molecule has 0 bridgehead atoms. The van der Waals surface area contributed by atoms with Gasteiger partial charge in [-0.05, 0) is 12.1 Å². The van der Waals surface area contributed by atoms with Gasteiger partial charge in [0.05, 0.1) is 12.9 Å². The Morgan fingerprint density at radius 1 is 1.29 bits per heavy atom. The van der Waals surface area contributed by atoms with Crippen LogP contribution in [0, 0.1) is 0 Å². The molecule has 0 saturated heterocycles. The third-order valence-corrected chi connectivity index (χ3v) is 2.24. The SMILES string of the molecule is OCc1cccn1CCn1ccnc1. The fourth-order valence-corrected chi connectivity index (χ4v) is 1.45. The number of imidazole rings is 1. The van der Waals surface area contributed by atoms with Gasteiger partial charge in [-0.1, -0.05) is 0 Å². The Labute approximate surface area is 82.4 Å². The van der Waals surface area contributed by atoms with Crippen LogP contribution in [0.1, 0.15) is 5.69 Å². The lowest BCUT2D eigenvalue weighted by Gasteiger charge is -2.07. The van der Waals surface area contributed by atoms with Crippen LogP contribution >= 0.6 is 0 Å². The van der Waals surface area contributed by atoms with Crippen molar-refractivity contribution in [1.82, 2.24) is 14.1 Å². The van der Waals surface area contributed by atoms with Gasteiger partial charge >= 0.3 is 0 Å². The van der Waals surface area contributed by atoms with Gasteiger partial charge in [0.25, 0.3) is 0 Å². The monoisotopic (exact) mass is 191 g/mol. The molecule has 0 atom stereocenters. The first-order chi connectivity index (χ1) is 6.90. The molecule has 0 saturated carbocycles. The lowest BCUT2D eigenvalue weighted by atomic mass is 10.4. The Kier molecular flexibility index (Phi) is 2.65. The average molecular weight is 191 g/mol. The highest BCUT2D eigenvalue weighted by molar-refractivity contribution is 5.05. The quantitative estimate of drug-likeness (QED) is 0.779. The van der Waals surface area contributed by atoms with Crippen molar-refractivity contribution in [3.05, 3.63) is 42.7 Å². The number of aryl methyl sites for hydroxylation is 2. The van der Waals surface area contributed by atoms with Crippen LogP contribution in [-0.4, -0.2) is 19.2 Å². The number of aliphatic hydroxyl groups is 1. The minimum Gasteiger partial charge on any atom is -0.390 e. The maximum Gasteiger partial charge on any atom is 0.0946 e. The smallest absolute Gasteiger partial charge is 0.0946 e. The Hall–Kier alpha value is -1.55. The standard InChI is InChI=1S/C10H13N3O/c14-8-10-2-1-4-13(10)7-6-12-5-3-11-9-12/h1-5,9,14H,6-8H2. The highest BCUT2D eigenvalue weighted by atomic mass is 16.3. The zero-order valence-corrected chi connectivity index (χ0v) is 7.87. The van der Waals surface area contributed by atoms with Crippen molar-refractivity contribution in [2.75, 3.05) is 0 Å². The van der Waals surface area contributed by atoms with Crippen molar-refractivity contribution in [3.8, 4) is 0 Å². The number of aliphatic hydroxyl groups excluding tert-OH is 1. The fraction of sp³-hybridized carbons (Fsp3) is 0.300. The molecule has 0 fully saturated rings. The van der Waals surface area contributed by atoms with Gasteiger partial charge in [0, 0.05) is 37.4 Å². The minimum atomic E-state index is 0.0942. The van der Waals surface area contributed by atoms with Gasteiger partial charge in [0.2, 0.25) is 0 Å². The van der Waals surface area contributed by atoms with Crippen molar-refractivity contribution >= 4 is 0 Å². The highest BCUT2D eigenvalue weighted by Crippen LogP contribution is 2.02. The van der Waals surface area contributed by atoms with Crippen molar-refractivity contribution in [2.45, 2.75) is 19.7 Å². The maximum atomic E-state index is 9.02. The zero-order chi connectivity index (χ0) is 9.80. The molecule has 1 N–H and O–H groups in total. The Morgan fingerprint density at radius 3 is 2.93 bits per heavy atom. The first-order valence-electron chi connectivity index (χ1n) is 4.61. The van der Waals surface area contributed by atoms with E-state index in [1.807, 2.05) is 33.7 Å². The molecule has 0 aromatic carbocycles. The first kappa shape index (κ1) is 9.02. The lowest BCUT2D eigenvalue weighted by molar-refractivity contribution is 0.269. The van der Waals surface area contributed by atoms with Gasteiger partial charge in [0.15, 0.2) is 0 Å². The van der Waals surface area contributed by atoms with Crippen LogP contribution in [0.15, 0.2) is 37.1 Å².